The zero-order chi connectivity index (χ0) is 18.8. The van der Waals surface area contributed by atoms with Crippen molar-refractivity contribution < 1.29 is 9.21 Å². The lowest BCUT2D eigenvalue weighted by Crippen LogP contribution is -2.11. The Morgan fingerprint density at radius 3 is 2.41 bits per heavy atom. The highest BCUT2D eigenvalue weighted by molar-refractivity contribution is 7.13. The highest BCUT2D eigenvalue weighted by atomic mass is 32.1. The van der Waals surface area contributed by atoms with Crippen LogP contribution in [-0.4, -0.2) is 21.1 Å². The van der Waals surface area contributed by atoms with Gasteiger partial charge in [-0.1, -0.05) is 17.7 Å². The van der Waals surface area contributed by atoms with Crippen LogP contribution >= 0.6 is 11.3 Å². The number of rotatable bonds is 4. The molecule has 0 saturated heterocycles. The zero-order valence-electron chi connectivity index (χ0n) is 14.8. The summed E-state index contributed by atoms with van der Waals surface area (Å²) in [5, 5.41) is 13.5. The van der Waals surface area contributed by atoms with Crippen LogP contribution in [0.15, 0.2) is 58.3 Å². The van der Waals surface area contributed by atoms with Gasteiger partial charge in [-0.3, -0.25) is 10.1 Å². The van der Waals surface area contributed by atoms with Gasteiger partial charge < -0.3 is 4.42 Å². The van der Waals surface area contributed by atoms with Crippen LogP contribution in [0, 0.1) is 13.8 Å². The monoisotopic (exact) mass is 376 g/mol. The van der Waals surface area contributed by atoms with Gasteiger partial charge in [-0.05, 0) is 50.2 Å². The molecule has 0 radical (unpaired) electrons. The lowest BCUT2D eigenvalue weighted by molar-refractivity contribution is 0.102. The van der Waals surface area contributed by atoms with Crippen molar-refractivity contribution in [3.63, 3.8) is 0 Å². The number of hydrogen-bond acceptors (Lipinski definition) is 6. The molecule has 2 heterocycles. The molecule has 0 unspecified atom stereocenters. The van der Waals surface area contributed by atoms with Gasteiger partial charge >= 0.3 is 0 Å². The highest BCUT2D eigenvalue weighted by Gasteiger charge is 2.13. The SMILES string of the molecule is Cc1cccc(-c2nnc(-c3ccc(C(=O)Nc4nc(C)cs4)cc3)o2)c1. The Morgan fingerprint density at radius 1 is 1.00 bits per heavy atom. The van der Waals surface area contributed by atoms with Crippen LogP contribution in [0.5, 0.6) is 0 Å². The van der Waals surface area contributed by atoms with Crippen molar-refractivity contribution in [1.29, 1.82) is 0 Å². The topological polar surface area (TPSA) is 80.9 Å². The second kappa shape index (κ2) is 7.13. The number of carbonyl (C=O) groups excluding carboxylic acids is 1. The van der Waals surface area contributed by atoms with Crippen molar-refractivity contribution in [2.24, 2.45) is 0 Å². The fourth-order valence-corrected chi connectivity index (χ4v) is 3.26. The third-order valence-electron chi connectivity index (χ3n) is 3.92. The summed E-state index contributed by atoms with van der Waals surface area (Å²) in [6.07, 6.45) is 0. The van der Waals surface area contributed by atoms with Crippen molar-refractivity contribution in [1.82, 2.24) is 15.2 Å². The molecule has 0 spiro atoms. The van der Waals surface area contributed by atoms with E-state index < -0.39 is 0 Å². The summed E-state index contributed by atoms with van der Waals surface area (Å²) in [7, 11) is 0. The maximum absolute atomic E-state index is 12.3. The van der Waals surface area contributed by atoms with Gasteiger partial charge in [0.2, 0.25) is 11.8 Å². The van der Waals surface area contributed by atoms with E-state index in [-0.39, 0.29) is 5.91 Å². The molecule has 0 fully saturated rings. The van der Waals surface area contributed by atoms with Crippen molar-refractivity contribution in [3.8, 4) is 22.9 Å². The van der Waals surface area contributed by atoms with E-state index in [1.54, 1.807) is 24.3 Å². The van der Waals surface area contributed by atoms with Crippen molar-refractivity contribution >= 4 is 22.4 Å². The molecule has 4 rings (SSSR count). The molecule has 1 N–H and O–H groups in total. The predicted molar refractivity (Wildman–Crippen MR) is 105 cm³/mol. The Morgan fingerprint density at radius 2 is 1.74 bits per heavy atom. The van der Waals surface area contributed by atoms with E-state index in [1.807, 2.05) is 43.5 Å². The Hall–Kier alpha value is -3.32. The number of anilines is 1. The quantitative estimate of drug-likeness (QED) is 0.557. The first-order valence-corrected chi connectivity index (χ1v) is 9.21. The molecule has 6 nitrogen and oxygen atoms in total. The standard InChI is InChI=1S/C20H16N4O2S/c1-12-4-3-5-16(10-12)19-24-23-18(26-19)15-8-6-14(7-9-15)17(25)22-20-21-13(2)11-27-20/h3-11H,1-2H3,(H,21,22,25). The molecule has 27 heavy (non-hydrogen) atoms. The number of nitrogens with zero attached hydrogens (tertiary/aromatic N) is 3. The van der Waals surface area contributed by atoms with Gasteiger partial charge in [-0.25, -0.2) is 4.98 Å². The molecule has 7 heteroatoms. The molecule has 1 amide bonds. The first-order valence-electron chi connectivity index (χ1n) is 8.33. The third kappa shape index (κ3) is 3.78. The van der Waals surface area contributed by atoms with Crippen LogP contribution in [0.3, 0.4) is 0 Å². The second-order valence-corrected chi connectivity index (χ2v) is 6.97. The summed E-state index contributed by atoms with van der Waals surface area (Å²) in [6, 6.07) is 14.9. The summed E-state index contributed by atoms with van der Waals surface area (Å²) in [4.78, 5) is 16.5. The van der Waals surface area contributed by atoms with Gasteiger partial charge in [-0.15, -0.1) is 21.5 Å². The maximum atomic E-state index is 12.3. The molecule has 0 bridgehead atoms. The summed E-state index contributed by atoms with van der Waals surface area (Å²) in [5.74, 6) is 0.672. The number of hydrogen-bond donors (Lipinski definition) is 1. The van der Waals surface area contributed by atoms with Gasteiger partial charge in [0.1, 0.15) is 0 Å². The van der Waals surface area contributed by atoms with E-state index >= 15 is 0 Å². The highest BCUT2D eigenvalue weighted by Crippen LogP contribution is 2.25. The number of amides is 1. The van der Waals surface area contributed by atoms with Gasteiger partial charge in [0, 0.05) is 22.1 Å². The Kier molecular flexibility index (Phi) is 4.52. The van der Waals surface area contributed by atoms with Crippen molar-refractivity contribution in [2.75, 3.05) is 5.32 Å². The van der Waals surface area contributed by atoms with Crippen LogP contribution in [0.1, 0.15) is 21.6 Å². The van der Waals surface area contributed by atoms with Crippen LogP contribution in [0.2, 0.25) is 0 Å². The smallest absolute Gasteiger partial charge is 0.257 e. The third-order valence-corrected chi connectivity index (χ3v) is 4.80. The minimum atomic E-state index is -0.207. The number of nitrogens with one attached hydrogen (secondary N) is 1. The van der Waals surface area contributed by atoms with Gasteiger partial charge in [-0.2, -0.15) is 0 Å². The van der Waals surface area contributed by atoms with E-state index in [0.29, 0.717) is 22.5 Å². The molecule has 0 aliphatic heterocycles. The molecule has 0 saturated carbocycles. The van der Waals surface area contributed by atoms with Crippen LogP contribution < -0.4 is 5.32 Å². The lowest BCUT2D eigenvalue weighted by atomic mass is 10.1. The summed E-state index contributed by atoms with van der Waals surface area (Å²) >= 11 is 1.40. The molecule has 0 atom stereocenters. The predicted octanol–water partition coefficient (Wildman–Crippen LogP) is 4.73. The Bertz CT molecular complexity index is 1100. The van der Waals surface area contributed by atoms with E-state index in [0.717, 1.165) is 22.4 Å². The summed E-state index contributed by atoms with van der Waals surface area (Å²) in [6.45, 7) is 3.90. The van der Waals surface area contributed by atoms with Gasteiger partial charge in [0.05, 0.1) is 5.69 Å². The molecular weight excluding hydrogens is 360 g/mol. The minimum Gasteiger partial charge on any atom is -0.416 e. The van der Waals surface area contributed by atoms with E-state index in [1.165, 1.54) is 11.3 Å². The summed E-state index contributed by atoms with van der Waals surface area (Å²) < 4.78 is 5.78. The van der Waals surface area contributed by atoms with Gasteiger partial charge in [0.15, 0.2) is 5.13 Å². The zero-order valence-corrected chi connectivity index (χ0v) is 15.6. The Labute approximate surface area is 159 Å². The molecule has 0 aliphatic carbocycles. The number of aryl methyl sites for hydroxylation is 2. The fraction of sp³-hybridized carbons (Fsp3) is 0.100. The lowest BCUT2D eigenvalue weighted by Gasteiger charge is -2.02. The van der Waals surface area contributed by atoms with Crippen molar-refractivity contribution in [3.05, 3.63) is 70.7 Å². The first-order chi connectivity index (χ1) is 13.1. The number of carbonyl (C=O) groups is 1. The molecular formula is C20H16N4O2S. The minimum absolute atomic E-state index is 0.207. The summed E-state index contributed by atoms with van der Waals surface area (Å²) in [5.41, 5.74) is 4.17. The van der Waals surface area contributed by atoms with E-state index in [2.05, 4.69) is 20.5 Å². The number of benzene rings is 2. The van der Waals surface area contributed by atoms with Crippen molar-refractivity contribution in [2.45, 2.75) is 13.8 Å². The fourth-order valence-electron chi connectivity index (χ4n) is 2.58. The molecule has 2 aromatic carbocycles. The normalized spacial score (nSPS) is 10.7. The van der Waals surface area contributed by atoms with Gasteiger partial charge in [0.25, 0.3) is 5.91 Å². The van der Waals surface area contributed by atoms with E-state index in [9.17, 15) is 4.79 Å². The molecule has 4 aromatic rings. The second-order valence-electron chi connectivity index (χ2n) is 6.11. The molecule has 0 aliphatic rings. The van der Waals surface area contributed by atoms with Crippen LogP contribution in [-0.2, 0) is 0 Å². The average Bonchev–Trinajstić information content (AvgIpc) is 3.31. The first kappa shape index (κ1) is 17.1. The number of aromatic nitrogens is 3. The largest absolute Gasteiger partial charge is 0.416 e. The molecule has 2 aromatic heterocycles. The van der Waals surface area contributed by atoms with E-state index in [4.69, 9.17) is 4.42 Å². The average molecular weight is 376 g/mol. The number of thiazole rings is 1. The van der Waals surface area contributed by atoms with Crippen LogP contribution in [0.25, 0.3) is 22.9 Å². The Balaban J connectivity index is 1.51. The maximum Gasteiger partial charge on any atom is 0.257 e. The molecule has 134 valence electrons. The van der Waals surface area contributed by atoms with Crippen LogP contribution in [0.4, 0.5) is 5.13 Å².